The molecule has 0 spiro atoms. The third-order valence-electron chi connectivity index (χ3n) is 6.00. The first-order valence-corrected chi connectivity index (χ1v) is 9.48. The minimum Gasteiger partial charge on any atom is -0.546 e. The van der Waals surface area contributed by atoms with Crippen molar-refractivity contribution < 1.29 is 14.0 Å². The summed E-state index contributed by atoms with van der Waals surface area (Å²) in [5, 5.41) is 0. The third kappa shape index (κ3) is 3.59. The van der Waals surface area contributed by atoms with Crippen molar-refractivity contribution in [1.29, 1.82) is 0 Å². The third-order valence-corrected chi connectivity index (χ3v) is 6.00. The maximum atomic E-state index is 6.52. The molecule has 0 aromatic heterocycles. The van der Waals surface area contributed by atoms with Gasteiger partial charge in [-0.25, -0.2) is 0 Å². The van der Waals surface area contributed by atoms with Crippen LogP contribution in [0.3, 0.4) is 0 Å². The fourth-order valence-electron chi connectivity index (χ4n) is 3.83. The zero-order chi connectivity index (χ0) is 18.8. The molecule has 3 nitrogen and oxygen atoms in total. The minimum absolute atomic E-state index is 0.0301. The van der Waals surface area contributed by atoms with E-state index in [2.05, 4.69) is 76.2 Å². The van der Waals surface area contributed by atoms with Crippen LogP contribution in [0, 0.1) is 0 Å². The average Bonchev–Trinajstić information content (AvgIpc) is 2.82. The van der Waals surface area contributed by atoms with E-state index in [1.54, 1.807) is 7.11 Å². The first kappa shape index (κ1) is 19.2. The van der Waals surface area contributed by atoms with E-state index in [4.69, 9.17) is 14.0 Å². The van der Waals surface area contributed by atoms with E-state index in [1.165, 1.54) is 11.1 Å². The summed E-state index contributed by atoms with van der Waals surface area (Å²) in [6.07, 6.45) is 1.84. The number of hydrogen-bond acceptors (Lipinski definition) is 3. The molecule has 0 N–H and O–H groups in total. The van der Waals surface area contributed by atoms with Gasteiger partial charge in [0, 0.05) is 11.2 Å². The molecule has 2 aromatic rings. The lowest BCUT2D eigenvalue weighted by molar-refractivity contribution is 0.00578. The topological polar surface area (TPSA) is 27.7 Å². The molecular formula is C22H30BO3-. The molecule has 1 saturated heterocycles. The van der Waals surface area contributed by atoms with Gasteiger partial charge in [-0.15, -0.1) is 0 Å². The van der Waals surface area contributed by atoms with Gasteiger partial charge in [-0.05, 0) is 46.8 Å². The second kappa shape index (κ2) is 7.18. The maximum absolute atomic E-state index is 6.52. The molecule has 1 aliphatic rings. The van der Waals surface area contributed by atoms with Crippen LogP contribution in [0.2, 0.25) is 0 Å². The molecular weight excluding hydrogens is 323 g/mol. The van der Waals surface area contributed by atoms with Crippen molar-refractivity contribution in [1.82, 2.24) is 0 Å². The number of benzene rings is 2. The summed E-state index contributed by atoms with van der Waals surface area (Å²) in [5.74, 6) is 0.0301. The Morgan fingerprint density at radius 3 is 1.85 bits per heavy atom. The quantitative estimate of drug-likeness (QED) is 0.674. The monoisotopic (exact) mass is 353 g/mol. The Kier molecular flexibility index (Phi) is 5.29. The molecule has 140 valence electrons. The molecule has 1 atom stereocenters. The first-order valence-electron chi connectivity index (χ1n) is 9.48. The molecule has 3 rings (SSSR count). The summed E-state index contributed by atoms with van der Waals surface area (Å²) in [4.78, 5) is 0. The molecule has 0 radical (unpaired) electrons. The van der Waals surface area contributed by atoms with E-state index in [9.17, 15) is 0 Å². The molecule has 26 heavy (non-hydrogen) atoms. The smallest absolute Gasteiger partial charge is 0.387 e. The van der Waals surface area contributed by atoms with Crippen molar-refractivity contribution in [2.75, 3.05) is 7.11 Å². The zero-order valence-corrected chi connectivity index (χ0v) is 16.6. The highest BCUT2D eigenvalue weighted by Gasteiger charge is 2.55. The highest BCUT2D eigenvalue weighted by molar-refractivity contribution is 6.63. The van der Waals surface area contributed by atoms with Crippen molar-refractivity contribution in [3.8, 4) is 0 Å². The summed E-state index contributed by atoms with van der Waals surface area (Å²) in [7, 11) is 1.70. The lowest BCUT2D eigenvalue weighted by Gasteiger charge is -2.43. The fourth-order valence-corrected chi connectivity index (χ4v) is 3.83. The van der Waals surface area contributed by atoms with Crippen LogP contribution < -0.4 is 0 Å². The Morgan fingerprint density at radius 1 is 0.846 bits per heavy atom. The van der Waals surface area contributed by atoms with Crippen LogP contribution in [0.5, 0.6) is 0 Å². The van der Waals surface area contributed by atoms with Crippen molar-refractivity contribution in [3.05, 3.63) is 71.8 Å². The van der Waals surface area contributed by atoms with Gasteiger partial charge in [0.15, 0.2) is 0 Å². The second-order valence-electron chi connectivity index (χ2n) is 8.23. The summed E-state index contributed by atoms with van der Waals surface area (Å²) < 4.78 is 19.0. The molecule has 1 heterocycles. The Balaban J connectivity index is 1.94. The zero-order valence-electron chi connectivity index (χ0n) is 16.6. The van der Waals surface area contributed by atoms with Gasteiger partial charge in [-0.2, -0.15) is 0 Å². The van der Waals surface area contributed by atoms with Gasteiger partial charge in [-0.3, -0.25) is 0 Å². The summed E-state index contributed by atoms with van der Waals surface area (Å²) in [6.45, 7) is 6.41. The van der Waals surface area contributed by atoms with Crippen molar-refractivity contribution in [2.24, 2.45) is 0 Å². The van der Waals surface area contributed by atoms with Crippen LogP contribution in [-0.2, 0) is 20.4 Å². The molecule has 4 heteroatoms. The van der Waals surface area contributed by atoms with E-state index in [0.717, 1.165) is 12.8 Å². The Morgan fingerprint density at radius 2 is 1.35 bits per heavy atom. The van der Waals surface area contributed by atoms with Crippen molar-refractivity contribution in [2.45, 2.75) is 57.6 Å². The van der Waals surface area contributed by atoms with E-state index < -0.39 is 18.0 Å². The first-order chi connectivity index (χ1) is 12.3. The van der Waals surface area contributed by atoms with Gasteiger partial charge >= 0.3 is 6.75 Å². The van der Waals surface area contributed by atoms with Gasteiger partial charge in [0.2, 0.25) is 0 Å². The van der Waals surface area contributed by atoms with Crippen LogP contribution in [0.15, 0.2) is 60.7 Å². The number of rotatable bonds is 6. The van der Waals surface area contributed by atoms with Gasteiger partial charge < -0.3 is 14.0 Å². The molecule has 0 aliphatic carbocycles. The van der Waals surface area contributed by atoms with E-state index in [1.807, 2.05) is 12.1 Å². The highest BCUT2D eigenvalue weighted by Crippen LogP contribution is 2.48. The second-order valence-corrected chi connectivity index (χ2v) is 8.23. The fraction of sp³-hybridized carbons (Fsp3) is 0.455. The van der Waals surface area contributed by atoms with E-state index in [-0.39, 0.29) is 5.82 Å². The maximum Gasteiger partial charge on any atom is 0.387 e. The summed E-state index contributed by atoms with van der Waals surface area (Å²) in [5.41, 5.74) is 1.65. The number of aryl methyl sites for hydroxylation is 1. The van der Waals surface area contributed by atoms with Crippen LogP contribution in [-0.4, -0.2) is 25.1 Å². The van der Waals surface area contributed by atoms with Gasteiger partial charge in [0.25, 0.3) is 0 Å². The normalized spacial score (nSPS) is 21.4. The Labute approximate surface area is 157 Å². The predicted molar refractivity (Wildman–Crippen MR) is 107 cm³/mol. The molecule has 0 bridgehead atoms. The number of hydrogen-bond donors (Lipinski definition) is 0. The van der Waals surface area contributed by atoms with Crippen LogP contribution in [0.25, 0.3) is 0 Å². The molecule has 2 aromatic carbocycles. The SMILES string of the molecule is CO[B-]1(C(CCc2ccccc2)c2ccccc2)OC(C)(C)C(C)(C)O1. The molecule has 0 amide bonds. The van der Waals surface area contributed by atoms with Crippen LogP contribution in [0.1, 0.15) is 51.1 Å². The van der Waals surface area contributed by atoms with Gasteiger partial charge in [0.1, 0.15) is 0 Å². The summed E-state index contributed by atoms with van der Waals surface area (Å²) in [6, 6.07) is 21.0. The minimum atomic E-state index is -1.91. The Hall–Kier alpha value is -1.62. The lowest BCUT2D eigenvalue weighted by atomic mass is 9.58. The Bertz CT molecular complexity index is 697. The summed E-state index contributed by atoms with van der Waals surface area (Å²) >= 11 is 0. The highest BCUT2D eigenvalue weighted by atomic mass is 16.8. The molecule has 1 unspecified atom stereocenters. The van der Waals surface area contributed by atoms with Gasteiger partial charge in [0.05, 0.1) is 0 Å². The van der Waals surface area contributed by atoms with Crippen molar-refractivity contribution in [3.63, 3.8) is 0 Å². The van der Waals surface area contributed by atoms with Gasteiger partial charge in [-0.1, -0.05) is 78.5 Å². The van der Waals surface area contributed by atoms with E-state index >= 15 is 0 Å². The molecule has 0 saturated carbocycles. The molecule has 1 fully saturated rings. The predicted octanol–water partition coefficient (Wildman–Crippen LogP) is 5.13. The van der Waals surface area contributed by atoms with Crippen molar-refractivity contribution >= 4 is 6.75 Å². The van der Waals surface area contributed by atoms with E-state index in [0.29, 0.717) is 0 Å². The lowest BCUT2D eigenvalue weighted by Crippen LogP contribution is -2.48. The van der Waals surface area contributed by atoms with Crippen LogP contribution >= 0.6 is 0 Å². The largest absolute Gasteiger partial charge is 0.546 e. The average molecular weight is 353 g/mol. The van der Waals surface area contributed by atoms with Crippen LogP contribution in [0.4, 0.5) is 0 Å². The molecule has 1 aliphatic heterocycles. The standard InChI is InChI=1S/C22H30BO3/c1-21(2)22(3,4)26-23(24-5,25-21)20(19-14-10-7-11-15-19)17-16-18-12-8-6-9-13-18/h6-15,20H,16-17H2,1-5H3/q-1.